The first-order valence-electron chi connectivity index (χ1n) is 10.5. The van der Waals surface area contributed by atoms with Gasteiger partial charge in [0.05, 0.1) is 29.6 Å². The Kier molecular flexibility index (Phi) is 7.18. The van der Waals surface area contributed by atoms with Crippen LogP contribution in [-0.4, -0.2) is 45.3 Å². The maximum atomic E-state index is 13.5. The third-order valence-electron chi connectivity index (χ3n) is 5.27. The van der Waals surface area contributed by atoms with E-state index in [0.29, 0.717) is 23.2 Å². The molecule has 4 rings (SSSR count). The van der Waals surface area contributed by atoms with E-state index in [-0.39, 0.29) is 29.4 Å². The fourth-order valence-corrected chi connectivity index (χ4v) is 7.93. The number of sulfonamides is 1. The fraction of sp³-hybridized carbons (Fsp3) is 0.304. The van der Waals surface area contributed by atoms with Crippen LogP contribution in [0.1, 0.15) is 19.1 Å². The van der Waals surface area contributed by atoms with Crippen molar-refractivity contribution in [3.63, 3.8) is 0 Å². The molecule has 1 aliphatic rings. The minimum absolute atomic E-state index is 0.0276. The molecule has 2 aromatic carbocycles. The van der Waals surface area contributed by atoms with Crippen molar-refractivity contribution in [1.29, 1.82) is 0 Å². The molecule has 1 aliphatic heterocycles. The van der Waals surface area contributed by atoms with Gasteiger partial charge in [-0.3, -0.25) is 0 Å². The van der Waals surface area contributed by atoms with Crippen LogP contribution in [0.15, 0.2) is 86.0 Å². The van der Waals surface area contributed by atoms with Crippen molar-refractivity contribution in [3.05, 3.63) is 72.5 Å². The predicted molar refractivity (Wildman–Crippen MR) is 127 cm³/mol. The SMILES string of the molecule is CCOc1ccc(S(=O)(=O)N(Cc2ccc(Sc3ccccc3)o2)[C@@H]2CCS(=O)(=O)C2)cc1. The van der Waals surface area contributed by atoms with Crippen molar-refractivity contribution >= 4 is 31.6 Å². The summed E-state index contributed by atoms with van der Waals surface area (Å²) >= 11 is 1.43. The zero-order valence-electron chi connectivity index (χ0n) is 18.1. The van der Waals surface area contributed by atoms with Gasteiger partial charge in [-0.05, 0) is 61.9 Å². The Bertz CT molecular complexity index is 1290. The van der Waals surface area contributed by atoms with Crippen LogP contribution in [0.25, 0.3) is 0 Å². The summed E-state index contributed by atoms with van der Waals surface area (Å²) in [5, 5.41) is 0.633. The van der Waals surface area contributed by atoms with Crippen LogP contribution in [-0.2, 0) is 26.4 Å². The number of hydrogen-bond donors (Lipinski definition) is 0. The Morgan fingerprint density at radius 3 is 2.42 bits per heavy atom. The quantitative estimate of drug-likeness (QED) is 0.428. The normalized spacial score (nSPS) is 17.9. The first-order chi connectivity index (χ1) is 15.8. The molecule has 10 heteroatoms. The van der Waals surface area contributed by atoms with E-state index < -0.39 is 25.9 Å². The second-order valence-electron chi connectivity index (χ2n) is 7.65. The van der Waals surface area contributed by atoms with Gasteiger partial charge in [0.25, 0.3) is 0 Å². The van der Waals surface area contributed by atoms with Crippen molar-refractivity contribution in [2.45, 2.75) is 40.8 Å². The van der Waals surface area contributed by atoms with E-state index in [1.807, 2.05) is 37.3 Å². The lowest BCUT2D eigenvalue weighted by atomic mass is 10.2. The summed E-state index contributed by atoms with van der Waals surface area (Å²) in [6.07, 6.45) is 0.255. The van der Waals surface area contributed by atoms with Gasteiger partial charge in [0, 0.05) is 10.9 Å². The van der Waals surface area contributed by atoms with E-state index in [4.69, 9.17) is 9.15 Å². The predicted octanol–water partition coefficient (Wildman–Crippen LogP) is 4.21. The van der Waals surface area contributed by atoms with E-state index in [9.17, 15) is 16.8 Å². The Balaban J connectivity index is 1.60. The average Bonchev–Trinajstić information content (AvgIpc) is 3.38. The van der Waals surface area contributed by atoms with Gasteiger partial charge in [0.15, 0.2) is 14.9 Å². The van der Waals surface area contributed by atoms with Gasteiger partial charge in [-0.15, -0.1) is 0 Å². The fourth-order valence-electron chi connectivity index (χ4n) is 3.68. The zero-order chi connectivity index (χ0) is 23.5. The first-order valence-corrected chi connectivity index (χ1v) is 14.6. The molecular weight excluding hydrogens is 482 g/mol. The Morgan fingerprint density at radius 2 is 1.79 bits per heavy atom. The minimum atomic E-state index is -3.97. The molecule has 1 fully saturated rings. The van der Waals surface area contributed by atoms with Gasteiger partial charge in [-0.2, -0.15) is 4.31 Å². The molecule has 0 amide bonds. The number of benzene rings is 2. The summed E-state index contributed by atoms with van der Waals surface area (Å²) in [5.74, 6) is 0.794. The summed E-state index contributed by atoms with van der Waals surface area (Å²) in [6.45, 7) is 2.27. The molecule has 0 saturated carbocycles. The summed E-state index contributed by atoms with van der Waals surface area (Å²) in [6, 6.07) is 18.7. The highest BCUT2D eigenvalue weighted by Gasteiger charge is 2.39. The van der Waals surface area contributed by atoms with Crippen LogP contribution in [0, 0.1) is 0 Å². The van der Waals surface area contributed by atoms with E-state index in [1.54, 1.807) is 24.3 Å². The third-order valence-corrected chi connectivity index (χ3v) is 9.86. The molecule has 1 saturated heterocycles. The Labute approximate surface area is 198 Å². The number of ether oxygens (including phenoxy) is 1. The average molecular weight is 508 g/mol. The number of hydrogen-bond acceptors (Lipinski definition) is 7. The van der Waals surface area contributed by atoms with Crippen LogP contribution in [0.4, 0.5) is 0 Å². The molecule has 1 aromatic heterocycles. The number of nitrogens with zero attached hydrogens (tertiary/aromatic N) is 1. The van der Waals surface area contributed by atoms with Crippen molar-refractivity contribution in [1.82, 2.24) is 4.31 Å². The summed E-state index contributed by atoms with van der Waals surface area (Å²) < 4.78 is 63.9. The molecule has 2 heterocycles. The van der Waals surface area contributed by atoms with Gasteiger partial charge >= 0.3 is 0 Å². The van der Waals surface area contributed by atoms with Gasteiger partial charge < -0.3 is 9.15 Å². The lowest BCUT2D eigenvalue weighted by Gasteiger charge is -2.26. The van der Waals surface area contributed by atoms with Crippen LogP contribution in [0.2, 0.25) is 0 Å². The molecule has 0 N–H and O–H groups in total. The molecule has 176 valence electrons. The van der Waals surface area contributed by atoms with Crippen molar-refractivity contribution < 1.29 is 26.0 Å². The molecule has 1 atom stereocenters. The lowest BCUT2D eigenvalue weighted by Crippen LogP contribution is -2.40. The van der Waals surface area contributed by atoms with Crippen LogP contribution >= 0.6 is 11.8 Å². The molecule has 33 heavy (non-hydrogen) atoms. The molecular formula is C23H25NO6S3. The monoisotopic (exact) mass is 507 g/mol. The zero-order valence-corrected chi connectivity index (χ0v) is 20.5. The molecule has 3 aromatic rings. The first kappa shape index (κ1) is 23.9. The molecule has 7 nitrogen and oxygen atoms in total. The summed E-state index contributed by atoms with van der Waals surface area (Å²) in [4.78, 5) is 1.08. The third kappa shape index (κ3) is 5.81. The molecule has 0 bridgehead atoms. The molecule has 0 unspecified atom stereocenters. The summed E-state index contributed by atoms with van der Waals surface area (Å²) in [7, 11) is -7.25. The van der Waals surface area contributed by atoms with Gasteiger partial charge in [0.1, 0.15) is 11.5 Å². The van der Waals surface area contributed by atoms with E-state index in [1.165, 1.54) is 28.2 Å². The van der Waals surface area contributed by atoms with E-state index >= 15 is 0 Å². The van der Waals surface area contributed by atoms with Gasteiger partial charge in [-0.1, -0.05) is 30.0 Å². The number of furan rings is 1. The maximum Gasteiger partial charge on any atom is 0.243 e. The second kappa shape index (κ2) is 9.92. The molecule has 0 aliphatic carbocycles. The maximum absolute atomic E-state index is 13.5. The summed E-state index contributed by atoms with van der Waals surface area (Å²) in [5.41, 5.74) is 0. The molecule has 0 spiro atoms. The second-order valence-corrected chi connectivity index (χ2v) is 12.8. The van der Waals surface area contributed by atoms with Gasteiger partial charge in [0.2, 0.25) is 10.0 Å². The van der Waals surface area contributed by atoms with Crippen molar-refractivity contribution in [3.8, 4) is 5.75 Å². The Morgan fingerprint density at radius 1 is 1.06 bits per heavy atom. The smallest absolute Gasteiger partial charge is 0.243 e. The highest BCUT2D eigenvalue weighted by atomic mass is 32.2. The highest BCUT2D eigenvalue weighted by Crippen LogP contribution is 2.32. The number of rotatable bonds is 9. The van der Waals surface area contributed by atoms with Crippen LogP contribution in [0.3, 0.4) is 0 Å². The molecule has 0 radical (unpaired) electrons. The van der Waals surface area contributed by atoms with Gasteiger partial charge in [-0.25, -0.2) is 16.8 Å². The van der Waals surface area contributed by atoms with Crippen molar-refractivity contribution in [2.24, 2.45) is 0 Å². The van der Waals surface area contributed by atoms with E-state index in [2.05, 4.69) is 0 Å². The number of sulfone groups is 1. The Hall–Kier alpha value is -2.27. The minimum Gasteiger partial charge on any atom is -0.494 e. The topological polar surface area (TPSA) is 93.9 Å². The van der Waals surface area contributed by atoms with Crippen molar-refractivity contribution in [2.75, 3.05) is 18.1 Å². The largest absolute Gasteiger partial charge is 0.494 e. The highest BCUT2D eigenvalue weighted by molar-refractivity contribution is 7.99. The van der Waals surface area contributed by atoms with Crippen LogP contribution in [0.5, 0.6) is 5.75 Å². The standard InChI is InChI=1S/C23H25NO6S3/c1-2-29-19-8-11-22(12-9-19)33(27,28)24(18-14-15-32(25,26)17-18)16-20-10-13-23(30-20)31-21-6-4-3-5-7-21/h3-13,18H,2,14-17H2,1H3/t18-/m1/s1. The lowest BCUT2D eigenvalue weighted by molar-refractivity contribution is 0.296. The van der Waals surface area contributed by atoms with E-state index in [0.717, 1.165) is 4.90 Å². The van der Waals surface area contributed by atoms with Crippen LogP contribution < -0.4 is 4.74 Å².